The fourth-order valence-electron chi connectivity index (χ4n) is 1.17. The van der Waals surface area contributed by atoms with Gasteiger partial charge in [0, 0.05) is 12.6 Å². The van der Waals surface area contributed by atoms with Crippen molar-refractivity contribution in [1.82, 2.24) is 4.72 Å². The summed E-state index contributed by atoms with van der Waals surface area (Å²) in [6, 6.07) is 5.15. The van der Waals surface area contributed by atoms with Crippen molar-refractivity contribution >= 4 is 15.9 Å². The standard InChI is InChI=1S/C11H15N3O2S/c1-9-5-6-11(14-17(15,16)13-2)8-10(9)4-3-7-12/h5-6,8,13-14H,7,12H2,1-2H3. The van der Waals surface area contributed by atoms with Crippen molar-refractivity contribution in [3.63, 3.8) is 0 Å². The molecule has 1 aromatic carbocycles. The lowest BCUT2D eigenvalue weighted by atomic mass is 10.1. The van der Waals surface area contributed by atoms with Crippen LogP contribution in [-0.2, 0) is 10.2 Å². The summed E-state index contributed by atoms with van der Waals surface area (Å²) in [4.78, 5) is 0. The quantitative estimate of drug-likeness (QED) is 0.672. The monoisotopic (exact) mass is 253 g/mol. The third-order valence-electron chi connectivity index (χ3n) is 2.08. The van der Waals surface area contributed by atoms with Crippen molar-refractivity contribution in [2.75, 3.05) is 18.3 Å². The SMILES string of the molecule is CNS(=O)(=O)Nc1ccc(C)c(C#CCN)c1. The van der Waals surface area contributed by atoms with E-state index in [0.29, 0.717) is 5.69 Å². The predicted octanol–water partition coefficient (Wildman–Crippen LogP) is 0.181. The molecule has 0 aliphatic heterocycles. The summed E-state index contributed by atoms with van der Waals surface area (Å²) >= 11 is 0. The van der Waals surface area contributed by atoms with Crippen LogP contribution < -0.4 is 15.2 Å². The van der Waals surface area contributed by atoms with Crippen molar-refractivity contribution in [3.8, 4) is 11.8 Å². The molecule has 0 radical (unpaired) electrons. The summed E-state index contributed by atoms with van der Waals surface area (Å²) in [7, 11) is -2.16. The topological polar surface area (TPSA) is 84.2 Å². The molecule has 1 aromatic rings. The van der Waals surface area contributed by atoms with Crippen LogP contribution in [0, 0.1) is 18.8 Å². The van der Waals surface area contributed by atoms with Gasteiger partial charge in [-0.25, -0.2) is 4.72 Å². The van der Waals surface area contributed by atoms with Gasteiger partial charge in [-0.1, -0.05) is 17.9 Å². The van der Waals surface area contributed by atoms with E-state index >= 15 is 0 Å². The molecule has 17 heavy (non-hydrogen) atoms. The van der Waals surface area contributed by atoms with Gasteiger partial charge in [-0.3, -0.25) is 4.72 Å². The third-order valence-corrected chi connectivity index (χ3v) is 3.13. The molecule has 0 aromatic heterocycles. The maximum absolute atomic E-state index is 11.3. The molecule has 0 aliphatic carbocycles. The maximum Gasteiger partial charge on any atom is 0.298 e. The van der Waals surface area contributed by atoms with E-state index in [-0.39, 0.29) is 6.54 Å². The van der Waals surface area contributed by atoms with Gasteiger partial charge in [-0.2, -0.15) is 8.42 Å². The molecular formula is C11H15N3O2S. The molecule has 0 aliphatic rings. The summed E-state index contributed by atoms with van der Waals surface area (Å²) in [6.45, 7) is 2.17. The van der Waals surface area contributed by atoms with Crippen molar-refractivity contribution < 1.29 is 8.42 Å². The highest BCUT2D eigenvalue weighted by atomic mass is 32.2. The molecule has 0 spiro atoms. The summed E-state index contributed by atoms with van der Waals surface area (Å²) in [5.74, 6) is 5.62. The number of hydrogen-bond donors (Lipinski definition) is 3. The molecule has 6 heteroatoms. The number of nitrogens with one attached hydrogen (secondary N) is 2. The minimum Gasteiger partial charge on any atom is -0.320 e. The van der Waals surface area contributed by atoms with E-state index in [4.69, 9.17) is 5.73 Å². The van der Waals surface area contributed by atoms with E-state index in [0.717, 1.165) is 11.1 Å². The highest BCUT2D eigenvalue weighted by Gasteiger charge is 2.06. The van der Waals surface area contributed by atoms with Crippen LogP contribution in [0.3, 0.4) is 0 Å². The van der Waals surface area contributed by atoms with Gasteiger partial charge in [-0.05, 0) is 24.6 Å². The van der Waals surface area contributed by atoms with Gasteiger partial charge in [-0.15, -0.1) is 0 Å². The first-order valence-electron chi connectivity index (χ1n) is 4.99. The van der Waals surface area contributed by atoms with Crippen LogP contribution in [0.1, 0.15) is 11.1 Å². The Morgan fingerprint density at radius 1 is 1.41 bits per heavy atom. The van der Waals surface area contributed by atoms with Gasteiger partial charge < -0.3 is 5.73 Å². The lowest BCUT2D eigenvalue weighted by Crippen LogP contribution is -2.26. The van der Waals surface area contributed by atoms with E-state index in [1.165, 1.54) is 7.05 Å². The van der Waals surface area contributed by atoms with Crippen molar-refractivity contribution in [2.45, 2.75) is 6.92 Å². The van der Waals surface area contributed by atoms with Crippen LogP contribution in [0.2, 0.25) is 0 Å². The first-order valence-corrected chi connectivity index (χ1v) is 6.47. The van der Waals surface area contributed by atoms with E-state index in [2.05, 4.69) is 21.3 Å². The summed E-state index contributed by atoms with van der Waals surface area (Å²) in [6.07, 6.45) is 0. The first kappa shape index (κ1) is 13.5. The first-order chi connectivity index (χ1) is 7.98. The Labute approximate surface area is 102 Å². The van der Waals surface area contributed by atoms with Crippen LogP contribution in [0.15, 0.2) is 18.2 Å². The van der Waals surface area contributed by atoms with E-state index in [9.17, 15) is 8.42 Å². The number of anilines is 1. The Morgan fingerprint density at radius 2 is 2.12 bits per heavy atom. The van der Waals surface area contributed by atoms with Crippen LogP contribution >= 0.6 is 0 Å². The van der Waals surface area contributed by atoms with Gasteiger partial charge in [0.15, 0.2) is 0 Å². The van der Waals surface area contributed by atoms with Gasteiger partial charge in [0.1, 0.15) is 0 Å². The molecule has 5 nitrogen and oxygen atoms in total. The third kappa shape index (κ3) is 4.07. The van der Waals surface area contributed by atoms with E-state index in [1.807, 2.05) is 6.92 Å². The van der Waals surface area contributed by atoms with E-state index < -0.39 is 10.2 Å². The van der Waals surface area contributed by atoms with Crippen molar-refractivity contribution in [2.24, 2.45) is 5.73 Å². The van der Waals surface area contributed by atoms with Gasteiger partial charge >= 0.3 is 0 Å². The smallest absolute Gasteiger partial charge is 0.298 e. The lowest BCUT2D eigenvalue weighted by Gasteiger charge is -2.07. The molecule has 0 unspecified atom stereocenters. The van der Waals surface area contributed by atoms with Gasteiger partial charge in [0.2, 0.25) is 0 Å². The average molecular weight is 253 g/mol. The second kappa shape index (κ2) is 5.68. The number of benzene rings is 1. The van der Waals surface area contributed by atoms with Crippen molar-refractivity contribution in [1.29, 1.82) is 0 Å². The molecule has 1 rings (SSSR count). The zero-order chi connectivity index (χ0) is 12.9. The van der Waals surface area contributed by atoms with E-state index in [1.54, 1.807) is 18.2 Å². The van der Waals surface area contributed by atoms with Crippen LogP contribution in [0.5, 0.6) is 0 Å². The van der Waals surface area contributed by atoms with Crippen LogP contribution in [0.25, 0.3) is 0 Å². The Bertz CT molecular complexity index is 556. The largest absolute Gasteiger partial charge is 0.320 e. The molecule has 0 amide bonds. The van der Waals surface area contributed by atoms with Gasteiger partial charge in [0.05, 0.1) is 12.2 Å². The fraction of sp³-hybridized carbons (Fsp3) is 0.273. The highest BCUT2D eigenvalue weighted by Crippen LogP contribution is 2.15. The molecule has 0 heterocycles. The Hall–Kier alpha value is -1.55. The molecule has 0 atom stereocenters. The van der Waals surface area contributed by atoms with Crippen LogP contribution in [0.4, 0.5) is 5.69 Å². The molecule has 0 saturated carbocycles. The van der Waals surface area contributed by atoms with Crippen LogP contribution in [-0.4, -0.2) is 22.0 Å². The summed E-state index contributed by atoms with van der Waals surface area (Å²) in [5, 5.41) is 0. The number of hydrogen-bond acceptors (Lipinski definition) is 3. The molecule has 92 valence electrons. The second-order valence-corrected chi connectivity index (χ2v) is 4.96. The number of rotatable bonds is 3. The highest BCUT2D eigenvalue weighted by molar-refractivity contribution is 7.90. The Morgan fingerprint density at radius 3 is 2.71 bits per heavy atom. The summed E-state index contributed by atoms with van der Waals surface area (Å²) in [5.41, 5.74) is 7.48. The Balaban J connectivity index is 3.05. The predicted molar refractivity (Wildman–Crippen MR) is 68.7 cm³/mol. The fourth-order valence-corrected chi connectivity index (χ4v) is 1.71. The second-order valence-electron chi connectivity index (χ2n) is 3.35. The summed E-state index contributed by atoms with van der Waals surface area (Å²) < 4.78 is 27.1. The Kier molecular flexibility index (Phi) is 4.52. The average Bonchev–Trinajstić information content (AvgIpc) is 2.29. The number of aryl methyl sites for hydroxylation is 1. The maximum atomic E-state index is 11.3. The molecule has 0 saturated heterocycles. The minimum absolute atomic E-state index is 0.270. The zero-order valence-corrected chi connectivity index (χ0v) is 10.6. The number of nitrogens with two attached hydrogens (primary N) is 1. The van der Waals surface area contributed by atoms with Gasteiger partial charge in [0.25, 0.3) is 10.2 Å². The molecule has 0 fully saturated rings. The minimum atomic E-state index is -3.50. The molecule has 4 N–H and O–H groups in total. The normalized spacial score (nSPS) is 10.5. The lowest BCUT2D eigenvalue weighted by molar-refractivity contribution is 0.593. The van der Waals surface area contributed by atoms with Crippen molar-refractivity contribution in [3.05, 3.63) is 29.3 Å². The molecule has 0 bridgehead atoms. The zero-order valence-electron chi connectivity index (χ0n) is 9.74. The molecular weight excluding hydrogens is 238 g/mol.